The minimum Gasteiger partial charge on any atom is -0.351 e. The predicted octanol–water partition coefficient (Wildman–Crippen LogP) is 2.64. The number of carbonyl (C=O) groups is 2. The summed E-state index contributed by atoms with van der Waals surface area (Å²) in [6.45, 7) is 0.557. The predicted molar refractivity (Wildman–Crippen MR) is 81.9 cm³/mol. The van der Waals surface area contributed by atoms with Crippen molar-refractivity contribution >= 4 is 11.8 Å². The molecule has 4 nitrogen and oxygen atoms in total. The molecule has 3 rings (SSSR count). The molecule has 0 spiro atoms. The van der Waals surface area contributed by atoms with Gasteiger partial charge in [-0.05, 0) is 38.0 Å². The molecule has 0 aromatic heterocycles. The number of hydrogen-bond acceptors (Lipinski definition) is 2. The van der Waals surface area contributed by atoms with Crippen molar-refractivity contribution in [3.63, 3.8) is 0 Å². The zero-order chi connectivity index (χ0) is 16.4. The van der Waals surface area contributed by atoms with Gasteiger partial charge in [0.1, 0.15) is 6.04 Å². The van der Waals surface area contributed by atoms with Gasteiger partial charge < -0.3 is 10.2 Å². The monoisotopic (exact) mass is 326 g/mol. The summed E-state index contributed by atoms with van der Waals surface area (Å²) in [4.78, 5) is 26.2. The molecule has 3 aliphatic rings. The van der Waals surface area contributed by atoms with Gasteiger partial charge in [-0.3, -0.25) is 9.59 Å². The molecule has 128 valence electrons. The van der Waals surface area contributed by atoms with Crippen LogP contribution in [0.15, 0.2) is 12.2 Å². The number of nitrogens with zero attached hydrogens (tertiary/aromatic N) is 1. The fraction of sp³-hybridized carbons (Fsp3) is 0.765. The maximum absolute atomic E-state index is 13.8. The number of halogens is 2. The zero-order valence-electron chi connectivity index (χ0n) is 13.3. The molecule has 2 fully saturated rings. The Morgan fingerprint density at radius 1 is 1.22 bits per heavy atom. The molecule has 2 unspecified atom stereocenters. The van der Waals surface area contributed by atoms with Crippen molar-refractivity contribution in [3.05, 3.63) is 12.2 Å². The van der Waals surface area contributed by atoms with Gasteiger partial charge >= 0.3 is 0 Å². The molecule has 2 amide bonds. The van der Waals surface area contributed by atoms with Gasteiger partial charge in [-0.2, -0.15) is 0 Å². The van der Waals surface area contributed by atoms with Crippen LogP contribution in [0.25, 0.3) is 0 Å². The van der Waals surface area contributed by atoms with E-state index in [1.54, 1.807) is 11.0 Å². The van der Waals surface area contributed by atoms with Gasteiger partial charge in [0.15, 0.2) is 0 Å². The first-order chi connectivity index (χ1) is 11.0. The van der Waals surface area contributed by atoms with Crippen LogP contribution in [0.1, 0.15) is 51.4 Å². The molecule has 3 atom stereocenters. The number of nitrogens with one attached hydrogen (secondary N) is 1. The van der Waals surface area contributed by atoms with Crippen LogP contribution in [0.2, 0.25) is 0 Å². The van der Waals surface area contributed by atoms with E-state index in [-0.39, 0.29) is 49.5 Å². The van der Waals surface area contributed by atoms with Crippen LogP contribution in [0, 0.1) is 5.92 Å². The van der Waals surface area contributed by atoms with Crippen molar-refractivity contribution < 1.29 is 18.4 Å². The highest BCUT2D eigenvalue weighted by atomic mass is 19.3. The number of hydrogen-bond donors (Lipinski definition) is 1. The van der Waals surface area contributed by atoms with E-state index in [4.69, 9.17) is 0 Å². The van der Waals surface area contributed by atoms with E-state index in [2.05, 4.69) is 5.32 Å². The normalized spacial score (nSPS) is 36.3. The Bertz CT molecular complexity index is 507. The fourth-order valence-corrected chi connectivity index (χ4v) is 3.54. The Morgan fingerprint density at radius 3 is 2.87 bits per heavy atom. The van der Waals surface area contributed by atoms with Crippen LogP contribution in [0.5, 0.6) is 0 Å². The minimum absolute atomic E-state index is 0.0862. The van der Waals surface area contributed by atoms with Crippen molar-refractivity contribution in [2.45, 2.75) is 69.4 Å². The molecule has 0 radical (unpaired) electrons. The van der Waals surface area contributed by atoms with Crippen molar-refractivity contribution in [2.75, 3.05) is 6.54 Å². The Balaban J connectivity index is 1.69. The largest absolute Gasteiger partial charge is 0.351 e. The Kier molecular flexibility index (Phi) is 4.69. The summed E-state index contributed by atoms with van der Waals surface area (Å²) in [5, 5.41) is 3.00. The lowest BCUT2D eigenvalue weighted by Crippen LogP contribution is -2.46. The highest BCUT2D eigenvalue weighted by molar-refractivity contribution is 5.88. The molecule has 1 saturated carbocycles. The Hall–Kier alpha value is -1.46. The second-order valence-electron chi connectivity index (χ2n) is 6.94. The zero-order valence-corrected chi connectivity index (χ0v) is 13.3. The maximum Gasteiger partial charge on any atom is 0.248 e. The molecule has 0 aromatic carbocycles. The van der Waals surface area contributed by atoms with Gasteiger partial charge in [0.25, 0.3) is 0 Å². The third-order valence-corrected chi connectivity index (χ3v) is 5.04. The number of allylic oxidation sites excluding steroid dienone is 1. The lowest BCUT2D eigenvalue weighted by Gasteiger charge is -2.24. The van der Waals surface area contributed by atoms with Crippen LogP contribution in [-0.4, -0.2) is 41.3 Å². The molecule has 1 aliphatic carbocycles. The average Bonchev–Trinajstić information content (AvgIpc) is 3.02. The lowest BCUT2D eigenvalue weighted by atomic mass is 10.1. The van der Waals surface area contributed by atoms with E-state index in [1.807, 2.05) is 6.08 Å². The topological polar surface area (TPSA) is 49.4 Å². The van der Waals surface area contributed by atoms with E-state index in [0.717, 1.165) is 12.8 Å². The third kappa shape index (κ3) is 4.09. The van der Waals surface area contributed by atoms with E-state index < -0.39 is 12.0 Å². The summed E-state index contributed by atoms with van der Waals surface area (Å²) in [5.74, 6) is -2.72. The standard InChI is InChI=1S/C17H24F2N2O2/c18-17(19)8-2-1-5-12-11-13(12)20-16(23)14-6-4-10-21(14)15(22)7-3-9-17/h1,5,12-14H,2-4,6-11H2,(H,20,23)/b5-1-/t12-,13?,14?/m1/s1. The molecule has 1 saturated heterocycles. The van der Waals surface area contributed by atoms with Crippen molar-refractivity contribution in [1.29, 1.82) is 0 Å². The summed E-state index contributed by atoms with van der Waals surface area (Å²) >= 11 is 0. The van der Waals surface area contributed by atoms with Crippen molar-refractivity contribution in [1.82, 2.24) is 10.2 Å². The first-order valence-electron chi connectivity index (χ1n) is 8.61. The molecule has 1 N–H and O–H groups in total. The molecule has 6 heteroatoms. The number of alkyl halides is 2. The van der Waals surface area contributed by atoms with Crippen molar-refractivity contribution in [3.8, 4) is 0 Å². The van der Waals surface area contributed by atoms with E-state index in [0.29, 0.717) is 19.4 Å². The number of carbonyl (C=O) groups excluding carboxylic acids is 2. The van der Waals surface area contributed by atoms with Gasteiger partial charge in [-0.15, -0.1) is 0 Å². The highest BCUT2D eigenvalue weighted by Crippen LogP contribution is 2.34. The molecule has 2 aliphatic heterocycles. The summed E-state index contributed by atoms with van der Waals surface area (Å²) in [6.07, 6.45) is 6.25. The van der Waals surface area contributed by atoms with Gasteiger partial charge in [-0.25, -0.2) is 8.78 Å². The van der Waals surface area contributed by atoms with Gasteiger partial charge in [-0.1, -0.05) is 12.2 Å². The maximum atomic E-state index is 13.8. The van der Waals surface area contributed by atoms with Crippen LogP contribution < -0.4 is 5.32 Å². The van der Waals surface area contributed by atoms with Crippen LogP contribution in [-0.2, 0) is 9.59 Å². The molecule has 23 heavy (non-hydrogen) atoms. The molecular weight excluding hydrogens is 302 g/mol. The molecule has 0 aromatic rings. The van der Waals surface area contributed by atoms with Crippen LogP contribution in [0.4, 0.5) is 8.78 Å². The average molecular weight is 326 g/mol. The van der Waals surface area contributed by atoms with Crippen LogP contribution in [0.3, 0.4) is 0 Å². The molecular formula is C17H24F2N2O2. The van der Waals surface area contributed by atoms with Crippen LogP contribution >= 0.6 is 0 Å². The van der Waals surface area contributed by atoms with E-state index in [1.165, 1.54) is 0 Å². The number of fused-ring (bicyclic) bond motifs is 2. The highest BCUT2D eigenvalue weighted by Gasteiger charge is 2.40. The van der Waals surface area contributed by atoms with Gasteiger partial charge in [0.2, 0.25) is 17.7 Å². The van der Waals surface area contributed by atoms with Gasteiger partial charge in [0.05, 0.1) is 0 Å². The fourth-order valence-electron chi connectivity index (χ4n) is 3.54. The second kappa shape index (κ2) is 6.57. The molecule has 2 heterocycles. The quantitative estimate of drug-likeness (QED) is 0.696. The third-order valence-electron chi connectivity index (χ3n) is 5.04. The Labute approximate surface area is 135 Å². The summed E-state index contributed by atoms with van der Waals surface area (Å²) in [7, 11) is 0. The van der Waals surface area contributed by atoms with E-state index >= 15 is 0 Å². The van der Waals surface area contributed by atoms with E-state index in [9.17, 15) is 18.4 Å². The number of rotatable bonds is 0. The molecule has 0 bridgehead atoms. The van der Waals surface area contributed by atoms with Gasteiger partial charge in [0, 0.05) is 31.8 Å². The number of amides is 2. The summed E-state index contributed by atoms with van der Waals surface area (Å²) < 4.78 is 27.6. The first-order valence-corrected chi connectivity index (χ1v) is 8.61. The van der Waals surface area contributed by atoms with Crippen molar-refractivity contribution in [2.24, 2.45) is 5.92 Å². The smallest absolute Gasteiger partial charge is 0.248 e. The lowest BCUT2D eigenvalue weighted by molar-refractivity contribution is -0.138. The first kappa shape index (κ1) is 16.4. The second-order valence-corrected chi connectivity index (χ2v) is 6.94. The Morgan fingerprint density at radius 2 is 2.04 bits per heavy atom. The minimum atomic E-state index is -2.72. The summed E-state index contributed by atoms with van der Waals surface area (Å²) in [5.41, 5.74) is 0. The SMILES string of the molecule is O=C1NC2C[C@H]2/C=C\CCC(F)(F)CCCC(=O)N2CCCC12. The summed E-state index contributed by atoms with van der Waals surface area (Å²) in [6, 6.07) is -0.319.